The summed E-state index contributed by atoms with van der Waals surface area (Å²) < 4.78 is 36.3. The molecule has 1 amide bonds. The molecule has 1 saturated heterocycles. The molecule has 3 rings (SSSR count). The predicted molar refractivity (Wildman–Crippen MR) is 118 cm³/mol. The van der Waals surface area contributed by atoms with E-state index >= 15 is 0 Å². The number of carbonyl (C=O) groups excluding carboxylic acids is 1. The molecule has 1 aliphatic heterocycles. The van der Waals surface area contributed by atoms with Gasteiger partial charge in [-0.15, -0.1) is 0 Å². The average molecular weight is 531 g/mol. The van der Waals surface area contributed by atoms with Crippen LogP contribution in [0.3, 0.4) is 0 Å². The molecule has 0 atom stereocenters. The van der Waals surface area contributed by atoms with Gasteiger partial charge in [0.25, 0.3) is 11.6 Å². The van der Waals surface area contributed by atoms with Crippen molar-refractivity contribution < 1.29 is 27.1 Å². The lowest BCUT2D eigenvalue weighted by atomic mass is 10.2. The lowest BCUT2D eigenvalue weighted by Crippen LogP contribution is -2.17. The minimum absolute atomic E-state index is 0.0659. The van der Waals surface area contributed by atoms with Gasteiger partial charge in [0.05, 0.1) is 21.4 Å². The van der Waals surface area contributed by atoms with Crippen molar-refractivity contribution in [3.63, 3.8) is 0 Å². The zero-order chi connectivity index (χ0) is 22.1. The van der Waals surface area contributed by atoms with Crippen LogP contribution in [0.1, 0.15) is 5.56 Å². The summed E-state index contributed by atoms with van der Waals surface area (Å²) in [4.78, 5) is 22.0. The summed E-state index contributed by atoms with van der Waals surface area (Å²) >= 11 is 9.28. The molecular formula is C17H11BrN2O7S3. The van der Waals surface area contributed by atoms with Gasteiger partial charge in [0.1, 0.15) is 9.22 Å². The SMILES string of the molecule is COc1cc(/C=C2\SC(=S)NC2=O)cc(Br)c1OS(=O)(=O)c1cccc([N+](=O)[O-])c1. The van der Waals surface area contributed by atoms with Gasteiger partial charge in [-0.25, -0.2) is 0 Å². The number of non-ortho nitro benzene ring substituents is 1. The first-order valence-corrected chi connectivity index (χ1v) is 11.3. The Morgan fingerprint density at radius 3 is 2.63 bits per heavy atom. The molecule has 0 radical (unpaired) electrons. The van der Waals surface area contributed by atoms with Crippen LogP contribution in [-0.2, 0) is 14.9 Å². The standard InChI is InChI=1S/C17H11BrN2O7S3/c1-26-13-6-9(7-14-16(21)19-17(28)29-14)5-12(18)15(13)27-30(24,25)11-4-2-3-10(8-11)20(22)23/h2-8H,1H3,(H,19,21,28)/b14-7-. The number of hydrogen-bond acceptors (Lipinski definition) is 9. The van der Waals surface area contributed by atoms with E-state index in [1.165, 1.54) is 37.4 Å². The summed E-state index contributed by atoms with van der Waals surface area (Å²) in [5.74, 6) is -0.421. The van der Waals surface area contributed by atoms with E-state index in [0.717, 1.165) is 17.8 Å². The summed E-state index contributed by atoms with van der Waals surface area (Å²) in [6.45, 7) is 0. The molecule has 0 bridgehead atoms. The van der Waals surface area contributed by atoms with E-state index < -0.39 is 20.7 Å². The molecule has 1 fully saturated rings. The first-order chi connectivity index (χ1) is 14.1. The second-order valence-corrected chi connectivity index (χ2v) is 9.80. The molecule has 13 heteroatoms. The minimum atomic E-state index is -4.39. The Morgan fingerprint density at radius 2 is 2.03 bits per heavy atom. The van der Waals surface area contributed by atoms with Crippen LogP contribution in [0.2, 0.25) is 0 Å². The van der Waals surface area contributed by atoms with Crippen LogP contribution < -0.4 is 14.2 Å². The normalized spacial score (nSPS) is 15.2. The van der Waals surface area contributed by atoms with E-state index in [0.29, 0.717) is 14.8 Å². The van der Waals surface area contributed by atoms with Gasteiger partial charge < -0.3 is 14.2 Å². The summed E-state index contributed by atoms with van der Waals surface area (Å²) in [6, 6.07) is 7.49. The van der Waals surface area contributed by atoms with Gasteiger partial charge in [-0.05, 0) is 45.8 Å². The molecule has 2 aromatic rings. The summed E-state index contributed by atoms with van der Waals surface area (Å²) in [7, 11) is -3.07. The van der Waals surface area contributed by atoms with E-state index in [1.54, 1.807) is 6.08 Å². The van der Waals surface area contributed by atoms with Gasteiger partial charge in [-0.2, -0.15) is 8.42 Å². The number of nitro benzene ring substituents is 1. The number of carbonyl (C=O) groups is 1. The Morgan fingerprint density at radius 1 is 1.30 bits per heavy atom. The highest BCUT2D eigenvalue weighted by Gasteiger charge is 2.25. The zero-order valence-electron chi connectivity index (χ0n) is 14.9. The van der Waals surface area contributed by atoms with Crippen LogP contribution in [0.4, 0.5) is 5.69 Å². The molecule has 0 unspecified atom stereocenters. The van der Waals surface area contributed by atoms with Gasteiger partial charge in [-0.3, -0.25) is 14.9 Å². The maximum atomic E-state index is 12.6. The van der Waals surface area contributed by atoms with Crippen molar-refractivity contribution in [2.24, 2.45) is 0 Å². The van der Waals surface area contributed by atoms with Crippen molar-refractivity contribution in [1.29, 1.82) is 0 Å². The number of thioether (sulfide) groups is 1. The number of nitrogens with zero attached hydrogens (tertiary/aromatic N) is 1. The van der Waals surface area contributed by atoms with Gasteiger partial charge in [0, 0.05) is 12.1 Å². The van der Waals surface area contributed by atoms with E-state index in [9.17, 15) is 23.3 Å². The summed E-state index contributed by atoms with van der Waals surface area (Å²) in [5.41, 5.74) is 0.138. The fourth-order valence-electron chi connectivity index (χ4n) is 2.39. The number of ether oxygens (including phenoxy) is 1. The molecule has 9 nitrogen and oxygen atoms in total. The van der Waals surface area contributed by atoms with Gasteiger partial charge >= 0.3 is 10.1 Å². The van der Waals surface area contributed by atoms with Crippen LogP contribution in [0.15, 0.2) is 50.7 Å². The van der Waals surface area contributed by atoms with Crippen molar-refractivity contribution in [2.45, 2.75) is 4.90 Å². The van der Waals surface area contributed by atoms with E-state index in [2.05, 4.69) is 21.2 Å². The Hall–Kier alpha value is -2.48. The second kappa shape index (κ2) is 8.71. The van der Waals surface area contributed by atoms with Crippen molar-refractivity contribution in [3.8, 4) is 11.5 Å². The first-order valence-electron chi connectivity index (χ1n) is 7.92. The number of amides is 1. The molecular weight excluding hydrogens is 520 g/mol. The Bertz CT molecular complexity index is 1210. The molecule has 1 N–H and O–H groups in total. The number of nitro groups is 1. The highest BCUT2D eigenvalue weighted by atomic mass is 79.9. The molecule has 0 aliphatic carbocycles. The highest BCUT2D eigenvalue weighted by Crippen LogP contribution is 2.40. The number of rotatable bonds is 6. The zero-order valence-corrected chi connectivity index (χ0v) is 19.0. The molecule has 2 aromatic carbocycles. The minimum Gasteiger partial charge on any atom is -0.493 e. The van der Waals surface area contributed by atoms with E-state index in [4.69, 9.17) is 21.1 Å². The Labute approximate surface area is 188 Å². The quantitative estimate of drug-likeness (QED) is 0.196. The van der Waals surface area contributed by atoms with E-state index in [1.807, 2.05) is 0 Å². The lowest BCUT2D eigenvalue weighted by Gasteiger charge is -2.13. The molecule has 0 spiro atoms. The number of nitrogens with one attached hydrogen (secondary N) is 1. The van der Waals surface area contributed by atoms with Crippen LogP contribution in [0, 0.1) is 10.1 Å². The maximum Gasteiger partial charge on any atom is 0.339 e. The van der Waals surface area contributed by atoms with Crippen LogP contribution in [0.5, 0.6) is 11.5 Å². The molecule has 0 saturated carbocycles. The molecule has 30 heavy (non-hydrogen) atoms. The first kappa shape index (κ1) is 22.2. The fraction of sp³-hybridized carbons (Fsp3) is 0.0588. The van der Waals surface area contributed by atoms with Gasteiger partial charge in [0.15, 0.2) is 11.5 Å². The maximum absolute atomic E-state index is 12.6. The van der Waals surface area contributed by atoms with Gasteiger partial charge in [0.2, 0.25) is 0 Å². The molecule has 1 aliphatic rings. The fourth-order valence-corrected chi connectivity index (χ4v) is 5.08. The van der Waals surface area contributed by atoms with Gasteiger partial charge in [-0.1, -0.05) is 30.0 Å². The summed E-state index contributed by atoms with van der Waals surface area (Å²) in [6.07, 6.45) is 1.56. The van der Waals surface area contributed by atoms with Crippen molar-refractivity contribution in [2.75, 3.05) is 7.11 Å². The van der Waals surface area contributed by atoms with Crippen LogP contribution in [0.25, 0.3) is 6.08 Å². The van der Waals surface area contributed by atoms with Crippen LogP contribution >= 0.6 is 39.9 Å². The Balaban J connectivity index is 1.97. The summed E-state index contributed by atoms with van der Waals surface area (Å²) in [5, 5.41) is 13.4. The Kier molecular flexibility index (Phi) is 6.45. The largest absolute Gasteiger partial charge is 0.493 e. The number of thiocarbonyl (C=S) groups is 1. The molecule has 156 valence electrons. The third-order valence-electron chi connectivity index (χ3n) is 3.70. The number of hydrogen-bond donors (Lipinski definition) is 1. The van der Waals surface area contributed by atoms with Crippen molar-refractivity contribution in [3.05, 3.63) is 61.5 Å². The predicted octanol–water partition coefficient (Wildman–Crippen LogP) is 3.62. The lowest BCUT2D eigenvalue weighted by molar-refractivity contribution is -0.385. The molecule has 0 aromatic heterocycles. The molecule has 1 heterocycles. The third-order valence-corrected chi connectivity index (χ3v) is 6.67. The van der Waals surface area contributed by atoms with Crippen molar-refractivity contribution in [1.82, 2.24) is 5.32 Å². The number of benzene rings is 2. The highest BCUT2D eigenvalue weighted by molar-refractivity contribution is 9.10. The smallest absolute Gasteiger partial charge is 0.339 e. The van der Waals surface area contributed by atoms with E-state index in [-0.39, 0.29) is 26.8 Å². The number of methoxy groups -OCH3 is 1. The topological polar surface area (TPSA) is 125 Å². The van der Waals surface area contributed by atoms with Crippen molar-refractivity contribution >= 4 is 72.0 Å². The average Bonchev–Trinajstić information content (AvgIpc) is 3.00. The van der Waals surface area contributed by atoms with Crippen LogP contribution in [-0.4, -0.2) is 30.7 Å². The monoisotopic (exact) mass is 530 g/mol. The number of halogens is 1. The third kappa shape index (κ3) is 4.80. The second-order valence-electron chi connectivity index (χ2n) is 5.68.